The summed E-state index contributed by atoms with van der Waals surface area (Å²) in [5, 5.41) is 8.86. The van der Waals surface area contributed by atoms with Crippen molar-refractivity contribution in [3.8, 4) is 0 Å². The Morgan fingerprint density at radius 1 is 1.09 bits per heavy atom. The number of piperazine rings is 1. The maximum absolute atomic E-state index is 13.3. The summed E-state index contributed by atoms with van der Waals surface area (Å²) in [4.78, 5) is 55.1. The first kappa shape index (κ1) is 22.3. The van der Waals surface area contributed by atoms with Gasteiger partial charge in [-0.2, -0.15) is 0 Å². The molecule has 10 nitrogen and oxygen atoms in total. The third kappa shape index (κ3) is 4.64. The van der Waals surface area contributed by atoms with Crippen molar-refractivity contribution in [1.29, 1.82) is 0 Å². The van der Waals surface area contributed by atoms with Gasteiger partial charge in [0.15, 0.2) is 0 Å². The molecule has 3 aliphatic rings. The van der Waals surface area contributed by atoms with Crippen LogP contribution in [-0.2, 0) is 21.4 Å². The normalized spacial score (nSPS) is 24.7. The van der Waals surface area contributed by atoms with Crippen LogP contribution < -0.4 is 16.0 Å². The number of hydrogen-bond acceptors (Lipinski definition) is 5. The van der Waals surface area contributed by atoms with E-state index in [2.05, 4.69) is 16.0 Å². The van der Waals surface area contributed by atoms with Gasteiger partial charge in [-0.1, -0.05) is 0 Å². The van der Waals surface area contributed by atoms with Crippen LogP contribution in [0.25, 0.3) is 0 Å². The second-order valence-corrected chi connectivity index (χ2v) is 8.82. The van der Waals surface area contributed by atoms with Gasteiger partial charge in [0.2, 0.25) is 17.7 Å². The van der Waals surface area contributed by atoms with E-state index in [9.17, 15) is 19.2 Å². The van der Waals surface area contributed by atoms with Crippen LogP contribution in [0.2, 0.25) is 0 Å². The average molecular weight is 445 g/mol. The molecule has 4 amide bonds. The third-order valence-corrected chi connectivity index (χ3v) is 6.71. The molecule has 0 saturated carbocycles. The maximum Gasteiger partial charge on any atom is 0.270 e. The summed E-state index contributed by atoms with van der Waals surface area (Å²) in [7, 11) is 1.80. The summed E-state index contributed by atoms with van der Waals surface area (Å²) in [5.74, 6) is -0.905. The lowest BCUT2D eigenvalue weighted by Crippen LogP contribution is -2.64. The van der Waals surface area contributed by atoms with Gasteiger partial charge in [-0.05, 0) is 50.9 Å². The van der Waals surface area contributed by atoms with E-state index in [0.717, 1.165) is 32.4 Å². The zero-order chi connectivity index (χ0) is 22.7. The van der Waals surface area contributed by atoms with Gasteiger partial charge in [-0.3, -0.25) is 19.2 Å². The van der Waals surface area contributed by atoms with Crippen molar-refractivity contribution in [2.45, 2.75) is 37.8 Å². The molecule has 3 aliphatic heterocycles. The standard InChI is InChI=1S/C22H32N6O4/c1-26-11-3-5-17(26)22(32)27-12-13-28(21(31)15-6-9-23-10-7-15)18(14-27)20(30)25-16-4-2-8-24-19(16)29/h3,5,11,15-16,18,23H,2,4,6-10,12-14H2,1H3,(H,24,29)(H,25,30). The Kier molecular flexibility index (Phi) is 6.78. The predicted octanol–water partition coefficient (Wildman–Crippen LogP) is -0.927. The second kappa shape index (κ2) is 9.72. The molecule has 3 fully saturated rings. The molecule has 1 aromatic rings. The van der Waals surface area contributed by atoms with E-state index in [4.69, 9.17) is 0 Å². The number of nitrogens with zero attached hydrogens (tertiary/aromatic N) is 3. The average Bonchev–Trinajstić information content (AvgIpc) is 3.25. The summed E-state index contributed by atoms with van der Waals surface area (Å²) < 4.78 is 1.75. The Balaban J connectivity index is 1.52. The number of hydrogen-bond donors (Lipinski definition) is 3. The van der Waals surface area contributed by atoms with Crippen LogP contribution in [0.4, 0.5) is 0 Å². The molecule has 174 valence electrons. The minimum absolute atomic E-state index is 0.0364. The summed E-state index contributed by atoms with van der Waals surface area (Å²) in [6.45, 7) is 2.94. The van der Waals surface area contributed by atoms with Crippen LogP contribution in [0.5, 0.6) is 0 Å². The highest BCUT2D eigenvalue weighted by Gasteiger charge is 2.41. The van der Waals surface area contributed by atoms with Crippen molar-refractivity contribution in [2.75, 3.05) is 39.3 Å². The van der Waals surface area contributed by atoms with Gasteiger partial charge in [0.1, 0.15) is 17.8 Å². The second-order valence-electron chi connectivity index (χ2n) is 8.82. The Hall–Kier alpha value is -2.88. The summed E-state index contributed by atoms with van der Waals surface area (Å²) in [5.41, 5.74) is 0.536. The van der Waals surface area contributed by atoms with Crippen molar-refractivity contribution in [3.05, 3.63) is 24.0 Å². The number of amides is 4. The van der Waals surface area contributed by atoms with Crippen LogP contribution in [0.3, 0.4) is 0 Å². The van der Waals surface area contributed by atoms with Gasteiger partial charge >= 0.3 is 0 Å². The lowest BCUT2D eigenvalue weighted by atomic mass is 9.95. The summed E-state index contributed by atoms with van der Waals surface area (Å²) in [6, 6.07) is 2.13. The fraction of sp³-hybridized carbons (Fsp3) is 0.636. The minimum atomic E-state index is -0.815. The van der Waals surface area contributed by atoms with Gasteiger partial charge in [-0.25, -0.2) is 0 Å². The molecule has 0 radical (unpaired) electrons. The molecule has 4 rings (SSSR count). The molecule has 32 heavy (non-hydrogen) atoms. The Labute approximate surface area is 187 Å². The zero-order valence-corrected chi connectivity index (χ0v) is 18.5. The number of rotatable bonds is 4. The lowest BCUT2D eigenvalue weighted by molar-refractivity contribution is -0.147. The molecule has 0 aromatic carbocycles. The molecular weight excluding hydrogens is 412 g/mol. The molecule has 2 unspecified atom stereocenters. The number of aryl methyl sites for hydroxylation is 1. The minimum Gasteiger partial charge on any atom is -0.354 e. The Morgan fingerprint density at radius 2 is 1.88 bits per heavy atom. The molecule has 3 saturated heterocycles. The highest BCUT2D eigenvalue weighted by Crippen LogP contribution is 2.21. The molecule has 0 bridgehead atoms. The quantitative estimate of drug-likeness (QED) is 0.555. The van der Waals surface area contributed by atoms with Gasteiger partial charge in [-0.15, -0.1) is 0 Å². The van der Waals surface area contributed by atoms with Crippen molar-refractivity contribution < 1.29 is 19.2 Å². The first-order chi connectivity index (χ1) is 15.5. The van der Waals surface area contributed by atoms with Gasteiger partial charge in [0.05, 0.1) is 6.54 Å². The first-order valence-electron chi connectivity index (χ1n) is 11.5. The summed E-state index contributed by atoms with van der Waals surface area (Å²) in [6.07, 6.45) is 4.63. The van der Waals surface area contributed by atoms with E-state index < -0.39 is 12.1 Å². The number of carbonyl (C=O) groups excluding carboxylic acids is 4. The van der Waals surface area contributed by atoms with E-state index in [-0.39, 0.29) is 36.1 Å². The van der Waals surface area contributed by atoms with Crippen LogP contribution in [-0.4, -0.2) is 89.3 Å². The summed E-state index contributed by atoms with van der Waals surface area (Å²) >= 11 is 0. The van der Waals surface area contributed by atoms with Crippen LogP contribution >= 0.6 is 0 Å². The van der Waals surface area contributed by atoms with Gasteiger partial charge in [0.25, 0.3) is 5.91 Å². The molecule has 4 heterocycles. The van der Waals surface area contributed by atoms with Crippen molar-refractivity contribution in [2.24, 2.45) is 13.0 Å². The SMILES string of the molecule is Cn1cccc1C(=O)N1CCN(C(=O)C2CCNCC2)C(C(=O)NC2CCCNC2=O)C1. The highest BCUT2D eigenvalue weighted by atomic mass is 16.2. The fourth-order valence-corrected chi connectivity index (χ4v) is 4.78. The largest absolute Gasteiger partial charge is 0.354 e. The Morgan fingerprint density at radius 3 is 2.56 bits per heavy atom. The van der Waals surface area contributed by atoms with Gasteiger partial charge in [0, 0.05) is 38.8 Å². The smallest absolute Gasteiger partial charge is 0.270 e. The lowest BCUT2D eigenvalue weighted by Gasteiger charge is -2.42. The van der Waals surface area contributed by atoms with E-state index in [0.29, 0.717) is 31.7 Å². The predicted molar refractivity (Wildman–Crippen MR) is 117 cm³/mol. The molecule has 2 atom stereocenters. The molecule has 3 N–H and O–H groups in total. The molecule has 1 aromatic heterocycles. The van der Waals surface area contributed by atoms with Gasteiger partial charge < -0.3 is 30.3 Å². The third-order valence-electron chi connectivity index (χ3n) is 6.71. The van der Waals surface area contributed by atoms with Crippen molar-refractivity contribution in [1.82, 2.24) is 30.3 Å². The van der Waals surface area contributed by atoms with Crippen LogP contribution in [0, 0.1) is 5.92 Å². The van der Waals surface area contributed by atoms with Crippen LogP contribution in [0.15, 0.2) is 18.3 Å². The molecule has 0 aliphatic carbocycles. The number of nitrogens with one attached hydrogen (secondary N) is 3. The molecule has 0 spiro atoms. The van der Waals surface area contributed by atoms with Crippen LogP contribution in [0.1, 0.15) is 36.2 Å². The maximum atomic E-state index is 13.3. The van der Waals surface area contributed by atoms with Crippen molar-refractivity contribution in [3.63, 3.8) is 0 Å². The van der Waals surface area contributed by atoms with E-state index in [1.807, 2.05) is 0 Å². The van der Waals surface area contributed by atoms with E-state index >= 15 is 0 Å². The molecule has 10 heteroatoms. The highest BCUT2D eigenvalue weighted by molar-refractivity contribution is 5.96. The zero-order valence-electron chi connectivity index (χ0n) is 18.5. The number of piperidine rings is 2. The Bertz CT molecular complexity index is 878. The van der Waals surface area contributed by atoms with E-state index in [1.165, 1.54) is 0 Å². The fourth-order valence-electron chi connectivity index (χ4n) is 4.78. The first-order valence-corrected chi connectivity index (χ1v) is 11.5. The topological polar surface area (TPSA) is 116 Å². The number of aromatic nitrogens is 1. The van der Waals surface area contributed by atoms with Crippen molar-refractivity contribution >= 4 is 23.6 Å². The van der Waals surface area contributed by atoms with E-state index in [1.54, 1.807) is 39.7 Å². The molecular formula is C22H32N6O4. The number of carbonyl (C=O) groups is 4. The monoisotopic (exact) mass is 444 g/mol.